The molecule has 0 radical (unpaired) electrons. The van der Waals surface area contributed by atoms with Crippen molar-refractivity contribution in [3.63, 3.8) is 0 Å². The van der Waals surface area contributed by atoms with Gasteiger partial charge in [0.15, 0.2) is 0 Å². The number of hydrogen-bond acceptors (Lipinski definition) is 3. The number of nitrogens with zero attached hydrogens (tertiary/aromatic N) is 3. The van der Waals surface area contributed by atoms with E-state index in [-0.39, 0.29) is 0 Å². The van der Waals surface area contributed by atoms with Crippen LogP contribution in [0.3, 0.4) is 0 Å². The van der Waals surface area contributed by atoms with Crippen LogP contribution in [0.1, 0.15) is 12.8 Å². The van der Waals surface area contributed by atoms with Crippen molar-refractivity contribution in [1.82, 2.24) is 4.90 Å². The summed E-state index contributed by atoms with van der Waals surface area (Å²) in [6.07, 6.45) is 10.9. The first-order valence-electron chi connectivity index (χ1n) is 6.83. The molecule has 102 valence electrons. The van der Waals surface area contributed by atoms with Crippen LogP contribution in [0.2, 0.25) is 0 Å². The van der Waals surface area contributed by atoms with E-state index >= 15 is 0 Å². The SMILES string of the molecule is Brc1ccc(N=NC2=CC=CC2=CN2CCCC2)cc1. The van der Waals surface area contributed by atoms with Crippen LogP contribution in [-0.4, -0.2) is 18.0 Å². The smallest absolute Gasteiger partial charge is 0.0943 e. The van der Waals surface area contributed by atoms with Gasteiger partial charge in [0.05, 0.1) is 11.4 Å². The molecule has 1 fully saturated rings. The number of halogens is 1. The van der Waals surface area contributed by atoms with Crippen LogP contribution in [0.15, 0.2) is 74.7 Å². The van der Waals surface area contributed by atoms with Crippen molar-refractivity contribution in [3.05, 3.63) is 64.4 Å². The van der Waals surface area contributed by atoms with Gasteiger partial charge in [-0.2, -0.15) is 5.11 Å². The van der Waals surface area contributed by atoms with Gasteiger partial charge in [0.2, 0.25) is 0 Å². The lowest BCUT2D eigenvalue weighted by atomic mass is 10.2. The van der Waals surface area contributed by atoms with Gasteiger partial charge in [-0.15, -0.1) is 5.11 Å². The molecule has 0 aromatic heterocycles. The van der Waals surface area contributed by atoms with Crippen LogP contribution >= 0.6 is 15.9 Å². The molecule has 0 spiro atoms. The molecular formula is C16H16BrN3. The molecule has 0 unspecified atom stereocenters. The fourth-order valence-electron chi connectivity index (χ4n) is 2.31. The molecule has 0 saturated carbocycles. The second-order valence-electron chi connectivity index (χ2n) is 4.91. The van der Waals surface area contributed by atoms with Crippen LogP contribution in [0.5, 0.6) is 0 Å². The van der Waals surface area contributed by atoms with E-state index in [1.165, 1.54) is 12.8 Å². The molecule has 3 nitrogen and oxygen atoms in total. The second kappa shape index (κ2) is 6.18. The van der Waals surface area contributed by atoms with Crippen LogP contribution in [0.4, 0.5) is 5.69 Å². The maximum absolute atomic E-state index is 4.36. The minimum atomic E-state index is 0.863. The second-order valence-corrected chi connectivity index (χ2v) is 5.83. The molecule has 2 aliphatic rings. The summed E-state index contributed by atoms with van der Waals surface area (Å²) >= 11 is 3.41. The van der Waals surface area contributed by atoms with Gasteiger partial charge >= 0.3 is 0 Å². The molecule has 0 atom stereocenters. The van der Waals surface area contributed by atoms with E-state index in [0.29, 0.717) is 0 Å². The van der Waals surface area contributed by atoms with Crippen molar-refractivity contribution in [2.75, 3.05) is 13.1 Å². The van der Waals surface area contributed by atoms with Crippen molar-refractivity contribution >= 4 is 21.6 Å². The first-order valence-corrected chi connectivity index (χ1v) is 7.62. The summed E-state index contributed by atoms with van der Waals surface area (Å²) in [6.45, 7) is 2.29. The van der Waals surface area contributed by atoms with Crippen LogP contribution < -0.4 is 0 Å². The molecule has 4 heteroatoms. The van der Waals surface area contributed by atoms with Gasteiger partial charge in [-0.1, -0.05) is 28.1 Å². The normalized spacial score (nSPS) is 20.4. The van der Waals surface area contributed by atoms with Gasteiger partial charge in [-0.25, -0.2) is 0 Å². The molecule has 1 aliphatic heterocycles. The average molecular weight is 330 g/mol. The highest BCUT2D eigenvalue weighted by Crippen LogP contribution is 2.24. The molecule has 1 aliphatic carbocycles. The fraction of sp³-hybridized carbons (Fsp3) is 0.250. The lowest BCUT2D eigenvalue weighted by molar-refractivity contribution is 0.465. The summed E-state index contributed by atoms with van der Waals surface area (Å²) in [7, 11) is 0. The van der Waals surface area contributed by atoms with E-state index in [4.69, 9.17) is 0 Å². The number of hydrogen-bond donors (Lipinski definition) is 0. The molecule has 1 aromatic carbocycles. The Morgan fingerprint density at radius 2 is 1.80 bits per heavy atom. The van der Waals surface area contributed by atoms with Crippen molar-refractivity contribution in [1.29, 1.82) is 0 Å². The van der Waals surface area contributed by atoms with Crippen LogP contribution in [0.25, 0.3) is 0 Å². The third-order valence-corrected chi connectivity index (χ3v) is 3.92. The highest BCUT2D eigenvalue weighted by Gasteiger charge is 2.11. The molecule has 0 amide bonds. The quantitative estimate of drug-likeness (QED) is 0.720. The van der Waals surface area contributed by atoms with E-state index < -0.39 is 0 Å². The van der Waals surface area contributed by atoms with Gasteiger partial charge in [0.25, 0.3) is 0 Å². The average Bonchev–Trinajstić information content (AvgIpc) is 3.11. The third-order valence-electron chi connectivity index (χ3n) is 3.39. The van der Waals surface area contributed by atoms with Gasteiger partial charge in [-0.3, -0.25) is 0 Å². The number of azo groups is 1. The standard InChI is InChI=1S/C16H16BrN3/c17-14-6-8-15(9-7-14)18-19-16-5-3-4-13(16)12-20-10-1-2-11-20/h3-9,12H,1-2,10-11H2. The first-order chi connectivity index (χ1) is 9.81. The van der Waals surface area contributed by atoms with E-state index in [1.807, 2.05) is 36.4 Å². The number of benzene rings is 1. The summed E-state index contributed by atoms with van der Waals surface area (Å²) in [5.41, 5.74) is 2.94. The molecular weight excluding hydrogens is 314 g/mol. The molecule has 1 heterocycles. The van der Waals surface area contributed by atoms with Crippen LogP contribution in [0, 0.1) is 0 Å². The molecule has 1 saturated heterocycles. The van der Waals surface area contributed by atoms with Crippen molar-refractivity contribution in [2.45, 2.75) is 12.8 Å². The largest absolute Gasteiger partial charge is 0.377 e. The van der Waals surface area contributed by atoms with Gasteiger partial charge in [0, 0.05) is 29.3 Å². The van der Waals surface area contributed by atoms with E-state index in [2.05, 4.69) is 43.3 Å². The maximum Gasteiger partial charge on any atom is 0.0943 e. The zero-order valence-corrected chi connectivity index (χ0v) is 12.8. The Bertz CT molecular complexity index is 591. The highest BCUT2D eigenvalue weighted by atomic mass is 79.9. The third kappa shape index (κ3) is 3.25. The highest BCUT2D eigenvalue weighted by molar-refractivity contribution is 9.10. The number of allylic oxidation sites excluding steroid dienone is 3. The molecule has 3 rings (SSSR count). The molecule has 1 aromatic rings. The zero-order chi connectivity index (χ0) is 13.8. The fourth-order valence-corrected chi connectivity index (χ4v) is 2.58. The van der Waals surface area contributed by atoms with Crippen LogP contribution in [-0.2, 0) is 0 Å². The molecule has 0 N–H and O–H groups in total. The number of rotatable bonds is 3. The molecule has 0 bridgehead atoms. The van der Waals surface area contributed by atoms with Gasteiger partial charge in [-0.05, 0) is 43.2 Å². The predicted molar refractivity (Wildman–Crippen MR) is 84.8 cm³/mol. The van der Waals surface area contributed by atoms with Gasteiger partial charge < -0.3 is 4.90 Å². The minimum Gasteiger partial charge on any atom is -0.377 e. The Morgan fingerprint density at radius 1 is 1.05 bits per heavy atom. The predicted octanol–water partition coefficient (Wildman–Crippen LogP) is 4.97. The van der Waals surface area contributed by atoms with E-state index in [1.54, 1.807) is 0 Å². The van der Waals surface area contributed by atoms with Crippen molar-refractivity contribution in [2.24, 2.45) is 10.2 Å². The maximum atomic E-state index is 4.36. The van der Waals surface area contributed by atoms with E-state index in [0.717, 1.165) is 34.5 Å². The van der Waals surface area contributed by atoms with Gasteiger partial charge in [0.1, 0.15) is 0 Å². The summed E-state index contributed by atoms with van der Waals surface area (Å²) in [5.74, 6) is 0. The molecule has 20 heavy (non-hydrogen) atoms. The lowest BCUT2D eigenvalue weighted by Crippen LogP contribution is -2.11. The Hall–Kier alpha value is -1.68. The Balaban J connectivity index is 1.71. The summed E-state index contributed by atoms with van der Waals surface area (Å²) in [6, 6.07) is 7.83. The monoisotopic (exact) mass is 329 g/mol. The summed E-state index contributed by atoms with van der Waals surface area (Å²) < 4.78 is 1.05. The lowest BCUT2D eigenvalue weighted by Gasteiger charge is -2.12. The topological polar surface area (TPSA) is 28.0 Å². The Morgan fingerprint density at radius 3 is 2.55 bits per heavy atom. The van der Waals surface area contributed by atoms with E-state index in [9.17, 15) is 0 Å². The summed E-state index contributed by atoms with van der Waals surface area (Å²) in [4.78, 5) is 2.36. The van der Waals surface area contributed by atoms with Crippen molar-refractivity contribution in [3.8, 4) is 0 Å². The first kappa shape index (κ1) is 13.3. The summed E-state index contributed by atoms with van der Waals surface area (Å²) in [5, 5.41) is 8.65. The number of likely N-dealkylation sites (tertiary alicyclic amines) is 1. The Labute approximate surface area is 127 Å². The van der Waals surface area contributed by atoms with Crippen molar-refractivity contribution < 1.29 is 0 Å². The zero-order valence-electron chi connectivity index (χ0n) is 11.2. The Kier molecular flexibility index (Phi) is 4.11. The minimum absolute atomic E-state index is 0.863.